The summed E-state index contributed by atoms with van der Waals surface area (Å²) in [5.41, 5.74) is 2.71. The molecule has 0 radical (unpaired) electrons. The maximum absolute atomic E-state index is 9.83. The molecule has 1 heterocycles. The molecule has 0 unspecified atom stereocenters. The summed E-state index contributed by atoms with van der Waals surface area (Å²) in [6, 6.07) is 0.374. The van der Waals surface area contributed by atoms with Crippen molar-refractivity contribution in [3.8, 4) is 0 Å². The highest BCUT2D eigenvalue weighted by molar-refractivity contribution is 5.26. The molecule has 0 spiro atoms. The maximum atomic E-state index is 9.83. The van der Waals surface area contributed by atoms with E-state index in [-0.39, 0.29) is 0 Å². The Kier molecular flexibility index (Phi) is 3.24. The zero-order chi connectivity index (χ0) is 11.8. The van der Waals surface area contributed by atoms with Gasteiger partial charge in [0.05, 0.1) is 11.3 Å². The average Bonchev–Trinajstić information content (AvgIpc) is 2.29. The quantitative estimate of drug-likeness (QED) is 0.832. The zero-order valence-electron chi connectivity index (χ0n) is 10.6. The minimum atomic E-state index is -0.666. The van der Waals surface area contributed by atoms with Crippen molar-refractivity contribution < 1.29 is 5.11 Å². The lowest BCUT2D eigenvalue weighted by atomic mass is 9.97. The van der Waals surface area contributed by atoms with Crippen LogP contribution in [0.4, 0.5) is 0 Å². The Labute approximate surface area is 92.1 Å². The van der Waals surface area contributed by atoms with E-state index in [0.717, 1.165) is 5.69 Å². The van der Waals surface area contributed by atoms with Gasteiger partial charge in [-0.2, -0.15) is 5.10 Å². The Morgan fingerprint density at radius 2 is 1.87 bits per heavy atom. The fourth-order valence-corrected chi connectivity index (χ4v) is 1.89. The molecule has 0 amide bonds. The lowest BCUT2D eigenvalue weighted by molar-refractivity contribution is 0.0806. The van der Waals surface area contributed by atoms with Gasteiger partial charge in [-0.25, -0.2) is 0 Å². The summed E-state index contributed by atoms with van der Waals surface area (Å²) in [7, 11) is 0. The molecule has 86 valence electrons. The van der Waals surface area contributed by atoms with E-state index in [0.29, 0.717) is 12.5 Å². The molecular weight excluding hydrogens is 188 g/mol. The molecule has 0 aliphatic carbocycles. The molecule has 0 saturated carbocycles. The van der Waals surface area contributed by atoms with Gasteiger partial charge in [0.1, 0.15) is 0 Å². The Balaban J connectivity index is 3.09. The van der Waals surface area contributed by atoms with Gasteiger partial charge < -0.3 is 5.11 Å². The number of aromatic nitrogens is 2. The van der Waals surface area contributed by atoms with Crippen molar-refractivity contribution in [3.05, 3.63) is 17.0 Å². The number of aryl methyl sites for hydroxylation is 1. The first kappa shape index (κ1) is 12.2. The van der Waals surface area contributed by atoms with Gasteiger partial charge in [-0.05, 0) is 47.1 Å². The number of hydrogen-bond acceptors (Lipinski definition) is 2. The molecule has 0 bridgehead atoms. The van der Waals surface area contributed by atoms with E-state index >= 15 is 0 Å². The van der Waals surface area contributed by atoms with E-state index in [1.165, 1.54) is 11.3 Å². The molecular formula is C12H22N2O. The Morgan fingerprint density at radius 3 is 2.20 bits per heavy atom. The standard InChI is InChI=1S/C12H22N2O/c1-8(2)14-10(4)11(9(3)13-14)7-12(5,6)15/h8,15H,7H2,1-6H3. The Bertz CT molecular complexity index is 345. The summed E-state index contributed by atoms with van der Waals surface area (Å²) >= 11 is 0. The van der Waals surface area contributed by atoms with Crippen LogP contribution in [0.3, 0.4) is 0 Å². The normalized spacial score (nSPS) is 12.5. The molecule has 3 nitrogen and oxygen atoms in total. The molecule has 3 heteroatoms. The van der Waals surface area contributed by atoms with Crippen molar-refractivity contribution in [2.45, 2.75) is 59.6 Å². The second-order valence-corrected chi connectivity index (χ2v) is 5.18. The van der Waals surface area contributed by atoms with Crippen LogP contribution >= 0.6 is 0 Å². The fourth-order valence-electron chi connectivity index (χ4n) is 1.89. The van der Waals surface area contributed by atoms with Crippen LogP contribution in [-0.2, 0) is 6.42 Å². The van der Waals surface area contributed by atoms with Crippen LogP contribution < -0.4 is 0 Å². The number of nitrogens with zero attached hydrogens (tertiary/aromatic N) is 2. The van der Waals surface area contributed by atoms with Crippen LogP contribution in [0.5, 0.6) is 0 Å². The van der Waals surface area contributed by atoms with Gasteiger partial charge in [-0.15, -0.1) is 0 Å². The van der Waals surface area contributed by atoms with Crippen molar-refractivity contribution in [1.82, 2.24) is 9.78 Å². The fraction of sp³-hybridized carbons (Fsp3) is 0.750. The van der Waals surface area contributed by atoms with Crippen LogP contribution in [0.1, 0.15) is 50.7 Å². The van der Waals surface area contributed by atoms with Gasteiger partial charge in [0.15, 0.2) is 0 Å². The van der Waals surface area contributed by atoms with Gasteiger partial charge >= 0.3 is 0 Å². The smallest absolute Gasteiger partial charge is 0.0633 e. The van der Waals surface area contributed by atoms with Crippen LogP contribution in [-0.4, -0.2) is 20.5 Å². The second kappa shape index (κ2) is 3.97. The third kappa shape index (κ3) is 2.81. The molecule has 1 aromatic rings. The molecule has 0 aliphatic rings. The highest BCUT2D eigenvalue weighted by Crippen LogP contribution is 2.21. The van der Waals surface area contributed by atoms with Gasteiger partial charge in [0.25, 0.3) is 0 Å². The molecule has 0 aromatic carbocycles. The zero-order valence-corrected chi connectivity index (χ0v) is 10.6. The van der Waals surface area contributed by atoms with Crippen LogP contribution in [0.2, 0.25) is 0 Å². The third-order valence-electron chi connectivity index (χ3n) is 2.57. The van der Waals surface area contributed by atoms with Crippen LogP contribution in [0.25, 0.3) is 0 Å². The van der Waals surface area contributed by atoms with Crippen LogP contribution in [0, 0.1) is 13.8 Å². The topological polar surface area (TPSA) is 38.0 Å². The number of aliphatic hydroxyl groups is 1. The second-order valence-electron chi connectivity index (χ2n) is 5.18. The summed E-state index contributed by atoms with van der Waals surface area (Å²) in [5.74, 6) is 0. The van der Waals surface area contributed by atoms with E-state index in [1.54, 1.807) is 0 Å². The highest BCUT2D eigenvalue weighted by Gasteiger charge is 2.20. The summed E-state index contributed by atoms with van der Waals surface area (Å²) in [5, 5.41) is 14.3. The summed E-state index contributed by atoms with van der Waals surface area (Å²) in [6.45, 7) is 12.0. The lowest BCUT2D eigenvalue weighted by Crippen LogP contribution is -2.22. The average molecular weight is 210 g/mol. The number of hydrogen-bond donors (Lipinski definition) is 1. The first-order chi connectivity index (χ1) is 6.72. The monoisotopic (exact) mass is 210 g/mol. The van der Waals surface area contributed by atoms with E-state index < -0.39 is 5.60 Å². The highest BCUT2D eigenvalue weighted by atomic mass is 16.3. The summed E-state index contributed by atoms with van der Waals surface area (Å²) in [6.07, 6.45) is 0.664. The molecule has 0 saturated heterocycles. The molecule has 0 fully saturated rings. The molecule has 1 aromatic heterocycles. The minimum Gasteiger partial charge on any atom is -0.390 e. The van der Waals surface area contributed by atoms with Crippen molar-refractivity contribution >= 4 is 0 Å². The van der Waals surface area contributed by atoms with E-state index in [1.807, 2.05) is 25.5 Å². The van der Waals surface area contributed by atoms with E-state index in [2.05, 4.69) is 25.9 Å². The molecule has 0 aliphatic heterocycles. The van der Waals surface area contributed by atoms with Gasteiger partial charge in [0, 0.05) is 18.2 Å². The predicted octanol–water partition coefficient (Wildman–Crippen LogP) is 2.39. The van der Waals surface area contributed by atoms with E-state index in [4.69, 9.17) is 0 Å². The predicted molar refractivity (Wildman–Crippen MR) is 62.1 cm³/mol. The third-order valence-corrected chi connectivity index (χ3v) is 2.57. The van der Waals surface area contributed by atoms with Crippen molar-refractivity contribution in [3.63, 3.8) is 0 Å². The van der Waals surface area contributed by atoms with Crippen molar-refractivity contribution in [1.29, 1.82) is 0 Å². The van der Waals surface area contributed by atoms with Crippen molar-refractivity contribution in [2.24, 2.45) is 0 Å². The van der Waals surface area contributed by atoms with Gasteiger partial charge in [-0.1, -0.05) is 0 Å². The minimum absolute atomic E-state index is 0.374. The van der Waals surface area contributed by atoms with Gasteiger partial charge in [-0.3, -0.25) is 4.68 Å². The number of rotatable bonds is 3. The Morgan fingerprint density at radius 1 is 1.33 bits per heavy atom. The SMILES string of the molecule is Cc1nn(C(C)C)c(C)c1CC(C)(C)O. The maximum Gasteiger partial charge on any atom is 0.0633 e. The van der Waals surface area contributed by atoms with E-state index in [9.17, 15) is 5.11 Å². The molecule has 1 rings (SSSR count). The first-order valence-electron chi connectivity index (χ1n) is 5.49. The molecule has 1 N–H and O–H groups in total. The van der Waals surface area contributed by atoms with Gasteiger partial charge in [0.2, 0.25) is 0 Å². The summed E-state index contributed by atoms with van der Waals surface area (Å²) < 4.78 is 2.02. The first-order valence-corrected chi connectivity index (χ1v) is 5.49. The molecule has 0 atom stereocenters. The largest absolute Gasteiger partial charge is 0.390 e. The van der Waals surface area contributed by atoms with Crippen molar-refractivity contribution in [2.75, 3.05) is 0 Å². The lowest BCUT2D eigenvalue weighted by Gasteiger charge is -2.17. The Hall–Kier alpha value is -0.830. The summed E-state index contributed by atoms with van der Waals surface area (Å²) in [4.78, 5) is 0. The van der Waals surface area contributed by atoms with Crippen LogP contribution in [0.15, 0.2) is 0 Å². The molecule has 15 heavy (non-hydrogen) atoms.